The largest absolute Gasteiger partial charge is 0.493 e. The molecule has 25 heavy (non-hydrogen) atoms. The van der Waals surface area contributed by atoms with Gasteiger partial charge in [-0.15, -0.1) is 0 Å². The molecule has 0 aliphatic carbocycles. The van der Waals surface area contributed by atoms with Crippen LogP contribution in [0.3, 0.4) is 0 Å². The average Bonchev–Trinajstić information content (AvgIpc) is 3.04. The zero-order valence-corrected chi connectivity index (χ0v) is 14.4. The molecule has 0 saturated heterocycles. The first-order chi connectivity index (χ1) is 12.1. The third-order valence-electron chi connectivity index (χ3n) is 3.65. The number of H-pyrrole nitrogens is 1. The van der Waals surface area contributed by atoms with E-state index in [1.165, 1.54) is 0 Å². The van der Waals surface area contributed by atoms with Gasteiger partial charge in [-0.3, -0.25) is 0 Å². The Kier molecular flexibility index (Phi) is 4.71. The summed E-state index contributed by atoms with van der Waals surface area (Å²) in [7, 11) is 1.60. The van der Waals surface area contributed by atoms with Gasteiger partial charge in [0.25, 0.3) is 0 Å². The Hall–Kier alpha value is -3.26. The van der Waals surface area contributed by atoms with Crippen LogP contribution in [0.2, 0.25) is 0 Å². The van der Waals surface area contributed by atoms with Crippen LogP contribution >= 0.6 is 0 Å². The summed E-state index contributed by atoms with van der Waals surface area (Å²) in [6, 6.07) is 15.5. The SMILES string of the molecule is COc1cccc(/C=C(\C#N)c2nc3ccccc3[nH]2)c1OC(C)C. The first-order valence-corrected chi connectivity index (χ1v) is 8.03. The molecule has 0 unspecified atom stereocenters. The van der Waals surface area contributed by atoms with Crippen molar-refractivity contribution >= 4 is 22.7 Å². The molecule has 2 aromatic carbocycles. The van der Waals surface area contributed by atoms with E-state index >= 15 is 0 Å². The molecule has 5 nitrogen and oxygen atoms in total. The van der Waals surface area contributed by atoms with Gasteiger partial charge in [0.1, 0.15) is 11.9 Å². The second kappa shape index (κ2) is 7.10. The van der Waals surface area contributed by atoms with Crippen LogP contribution in [-0.4, -0.2) is 23.2 Å². The highest BCUT2D eigenvalue weighted by Gasteiger charge is 2.14. The molecule has 3 aromatic rings. The quantitative estimate of drug-likeness (QED) is 0.702. The van der Waals surface area contributed by atoms with Crippen molar-refractivity contribution < 1.29 is 9.47 Å². The fourth-order valence-electron chi connectivity index (χ4n) is 2.56. The first-order valence-electron chi connectivity index (χ1n) is 8.03. The Morgan fingerprint density at radius 1 is 1.20 bits per heavy atom. The highest BCUT2D eigenvalue weighted by atomic mass is 16.5. The molecule has 0 saturated carbocycles. The lowest BCUT2D eigenvalue weighted by atomic mass is 10.1. The average molecular weight is 333 g/mol. The number of nitrogens with one attached hydrogen (secondary N) is 1. The Balaban J connectivity index is 2.09. The summed E-state index contributed by atoms with van der Waals surface area (Å²) in [5, 5.41) is 9.61. The predicted molar refractivity (Wildman–Crippen MR) is 98.3 cm³/mol. The monoisotopic (exact) mass is 333 g/mol. The normalized spacial score (nSPS) is 11.6. The summed E-state index contributed by atoms with van der Waals surface area (Å²) in [6.07, 6.45) is 1.75. The van der Waals surface area contributed by atoms with E-state index in [0.29, 0.717) is 22.9 Å². The second-order valence-electron chi connectivity index (χ2n) is 5.82. The van der Waals surface area contributed by atoms with Crippen LogP contribution in [0.4, 0.5) is 0 Å². The third kappa shape index (κ3) is 3.48. The number of benzene rings is 2. The highest BCUT2D eigenvalue weighted by molar-refractivity contribution is 5.91. The van der Waals surface area contributed by atoms with Crippen molar-refractivity contribution in [1.82, 2.24) is 9.97 Å². The summed E-state index contributed by atoms with van der Waals surface area (Å²) in [5.41, 5.74) is 2.91. The van der Waals surface area contributed by atoms with Gasteiger partial charge in [-0.25, -0.2) is 4.98 Å². The lowest BCUT2D eigenvalue weighted by Crippen LogP contribution is -2.08. The van der Waals surface area contributed by atoms with Crippen molar-refractivity contribution in [2.75, 3.05) is 7.11 Å². The molecule has 1 aromatic heterocycles. The molecule has 126 valence electrons. The van der Waals surface area contributed by atoms with Crippen molar-refractivity contribution in [2.45, 2.75) is 20.0 Å². The van der Waals surface area contributed by atoms with Crippen LogP contribution in [-0.2, 0) is 0 Å². The van der Waals surface area contributed by atoms with Crippen LogP contribution in [0.1, 0.15) is 25.2 Å². The van der Waals surface area contributed by atoms with E-state index in [4.69, 9.17) is 9.47 Å². The summed E-state index contributed by atoms with van der Waals surface area (Å²) >= 11 is 0. The summed E-state index contributed by atoms with van der Waals surface area (Å²) in [4.78, 5) is 7.68. The number of imidazole rings is 1. The number of hydrogen-bond acceptors (Lipinski definition) is 4. The number of nitriles is 1. The van der Waals surface area contributed by atoms with Gasteiger partial charge < -0.3 is 14.5 Å². The number of ether oxygens (including phenoxy) is 2. The van der Waals surface area contributed by atoms with Gasteiger partial charge in [0.2, 0.25) is 0 Å². The number of nitrogens with zero attached hydrogens (tertiary/aromatic N) is 2. The van der Waals surface area contributed by atoms with Crippen molar-refractivity contribution in [2.24, 2.45) is 0 Å². The molecule has 0 fully saturated rings. The molecule has 0 amide bonds. The zero-order valence-electron chi connectivity index (χ0n) is 14.4. The molecule has 1 N–H and O–H groups in total. The minimum absolute atomic E-state index is 0.0137. The van der Waals surface area contributed by atoms with Gasteiger partial charge in [0.05, 0.1) is 29.8 Å². The molecule has 5 heteroatoms. The number of aromatic nitrogens is 2. The predicted octanol–water partition coefficient (Wildman–Crippen LogP) is 4.42. The lowest BCUT2D eigenvalue weighted by molar-refractivity contribution is 0.229. The number of hydrogen-bond donors (Lipinski definition) is 1. The van der Waals surface area contributed by atoms with E-state index in [0.717, 1.165) is 16.6 Å². The van der Waals surface area contributed by atoms with Crippen LogP contribution < -0.4 is 9.47 Å². The van der Waals surface area contributed by atoms with Crippen LogP contribution in [0.25, 0.3) is 22.7 Å². The molecule has 0 aliphatic rings. The molecule has 1 heterocycles. The highest BCUT2D eigenvalue weighted by Crippen LogP contribution is 2.34. The van der Waals surface area contributed by atoms with Crippen molar-refractivity contribution in [3.05, 3.63) is 53.9 Å². The van der Waals surface area contributed by atoms with E-state index in [1.54, 1.807) is 13.2 Å². The standard InChI is InChI=1S/C20H19N3O2/c1-13(2)25-19-14(7-6-10-18(19)24-3)11-15(12-21)20-22-16-8-4-5-9-17(16)23-20/h4-11,13H,1-3H3,(H,22,23)/b15-11+. The second-order valence-corrected chi connectivity index (χ2v) is 5.82. The minimum atomic E-state index is -0.0137. The number of fused-ring (bicyclic) bond motifs is 1. The Bertz CT molecular complexity index is 931. The zero-order chi connectivity index (χ0) is 17.8. The van der Waals surface area contributed by atoms with E-state index in [2.05, 4.69) is 16.0 Å². The van der Waals surface area contributed by atoms with Gasteiger partial charge in [-0.05, 0) is 38.1 Å². The summed E-state index contributed by atoms with van der Waals surface area (Å²) < 4.78 is 11.3. The number of allylic oxidation sites excluding steroid dienone is 1. The topological polar surface area (TPSA) is 70.9 Å². The fraction of sp³-hybridized carbons (Fsp3) is 0.200. The van der Waals surface area contributed by atoms with E-state index in [9.17, 15) is 5.26 Å². The van der Waals surface area contributed by atoms with Gasteiger partial charge in [-0.2, -0.15) is 5.26 Å². The van der Waals surface area contributed by atoms with Crippen LogP contribution in [0, 0.1) is 11.3 Å². The third-order valence-corrected chi connectivity index (χ3v) is 3.65. The number of aromatic amines is 1. The Morgan fingerprint density at radius 3 is 2.68 bits per heavy atom. The smallest absolute Gasteiger partial charge is 0.168 e. The van der Waals surface area contributed by atoms with Crippen LogP contribution in [0.15, 0.2) is 42.5 Å². The molecular weight excluding hydrogens is 314 g/mol. The molecule has 0 spiro atoms. The fourth-order valence-corrected chi connectivity index (χ4v) is 2.56. The molecule has 3 rings (SSSR count). The van der Waals surface area contributed by atoms with E-state index < -0.39 is 0 Å². The molecule has 0 bridgehead atoms. The molecule has 0 radical (unpaired) electrons. The van der Waals surface area contributed by atoms with Gasteiger partial charge in [-0.1, -0.05) is 24.3 Å². The van der Waals surface area contributed by atoms with E-state index in [-0.39, 0.29) is 6.10 Å². The van der Waals surface area contributed by atoms with Crippen molar-refractivity contribution in [3.63, 3.8) is 0 Å². The van der Waals surface area contributed by atoms with Crippen LogP contribution in [0.5, 0.6) is 11.5 Å². The maximum absolute atomic E-state index is 9.61. The Labute approximate surface area is 146 Å². The number of rotatable bonds is 5. The van der Waals surface area contributed by atoms with Gasteiger partial charge in [0, 0.05) is 5.56 Å². The van der Waals surface area contributed by atoms with E-state index in [1.807, 2.05) is 56.3 Å². The number of methoxy groups -OCH3 is 1. The maximum atomic E-state index is 9.61. The first kappa shape index (κ1) is 16.6. The lowest BCUT2D eigenvalue weighted by Gasteiger charge is -2.16. The maximum Gasteiger partial charge on any atom is 0.168 e. The summed E-state index contributed by atoms with van der Waals surface area (Å²) in [6.45, 7) is 3.90. The van der Waals surface area contributed by atoms with Gasteiger partial charge >= 0.3 is 0 Å². The minimum Gasteiger partial charge on any atom is -0.493 e. The molecule has 0 atom stereocenters. The molecular formula is C20H19N3O2. The Morgan fingerprint density at radius 2 is 2.00 bits per heavy atom. The summed E-state index contributed by atoms with van der Waals surface area (Å²) in [5.74, 6) is 1.77. The van der Waals surface area contributed by atoms with Crippen molar-refractivity contribution in [3.8, 4) is 17.6 Å². The number of para-hydroxylation sites is 3. The van der Waals surface area contributed by atoms with Gasteiger partial charge in [0.15, 0.2) is 11.5 Å². The van der Waals surface area contributed by atoms with Crippen molar-refractivity contribution in [1.29, 1.82) is 5.26 Å². The molecule has 0 aliphatic heterocycles.